The molecule has 0 radical (unpaired) electrons. The molecule has 0 saturated carbocycles. The first kappa shape index (κ1) is 15.0. The lowest BCUT2D eigenvalue weighted by atomic mass is 9.98. The van der Waals surface area contributed by atoms with E-state index in [1.807, 2.05) is 30.3 Å². The molecule has 0 aromatic heterocycles. The zero-order valence-corrected chi connectivity index (χ0v) is 11.7. The molecule has 0 aliphatic rings. The highest BCUT2D eigenvalue weighted by molar-refractivity contribution is 5.50. The molecule has 4 heteroatoms. The minimum atomic E-state index is -0.737. The van der Waals surface area contributed by atoms with E-state index in [0.717, 1.165) is 18.6 Å². The molecule has 0 aliphatic heterocycles. The smallest absolute Gasteiger partial charge is 0.150 e. The Bertz CT molecular complexity index is 625. The van der Waals surface area contributed by atoms with Gasteiger partial charge in [0.05, 0.1) is 11.6 Å². The Morgan fingerprint density at radius 1 is 1.14 bits per heavy atom. The number of benzene rings is 2. The average molecular weight is 286 g/mol. The van der Waals surface area contributed by atoms with Crippen molar-refractivity contribution in [3.8, 4) is 6.07 Å². The largest absolute Gasteiger partial charge is 0.380 e. The van der Waals surface area contributed by atoms with Gasteiger partial charge in [-0.1, -0.05) is 37.3 Å². The maximum absolute atomic E-state index is 13.7. The molecule has 0 heterocycles. The van der Waals surface area contributed by atoms with Crippen LogP contribution in [0.4, 0.5) is 14.5 Å². The normalized spacial score (nSPS) is 11.7. The van der Waals surface area contributed by atoms with E-state index in [1.165, 1.54) is 5.56 Å². The Morgan fingerprint density at radius 3 is 2.33 bits per heavy atom. The first-order chi connectivity index (χ1) is 10.1. The van der Waals surface area contributed by atoms with Gasteiger partial charge in [0.1, 0.15) is 5.69 Å². The average Bonchev–Trinajstić information content (AvgIpc) is 2.50. The van der Waals surface area contributed by atoms with Crippen LogP contribution in [0.15, 0.2) is 42.5 Å². The van der Waals surface area contributed by atoms with Crippen molar-refractivity contribution in [1.82, 2.24) is 0 Å². The van der Waals surface area contributed by atoms with Crippen LogP contribution in [0.3, 0.4) is 0 Å². The van der Waals surface area contributed by atoms with Crippen LogP contribution in [0.25, 0.3) is 0 Å². The Morgan fingerprint density at radius 2 is 1.76 bits per heavy atom. The Hall–Kier alpha value is -2.41. The molecule has 2 nitrogen and oxygen atoms in total. The van der Waals surface area contributed by atoms with Crippen LogP contribution in [0.2, 0.25) is 0 Å². The maximum atomic E-state index is 13.7. The molecule has 2 rings (SSSR count). The fourth-order valence-electron chi connectivity index (χ4n) is 2.17. The first-order valence-corrected chi connectivity index (χ1v) is 6.79. The van der Waals surface area contributed by atoms with Gasteiger partial charge in [0.15, 0.2) is 11.6 Å². The predicted molar refractivity (Wildman–Crippen MR) is 79.0 cm³/mol. The molecule has 0 fully saturated rings. The highest BCUT2D eigenvalue weighted by Gasteiger charge is 2.11. The van der Waals surface area contributed by atoms with Crippen LogP contribution in [0, 0.1) is 23.0 Å². The Balaban J connectivity index is 1.97. The van der Waals surface area contributed by atoms with E-state index >= 15 is 0 Å². The maximum Gasteiger partial charge on any atom is 0.150 e. The molecule has 108 valence electrons. The summed E-state index contributed by atoms with van der Waals surface area (Å²) < 4.78 is 27.4. The third-order valence-electron chi connectivity index (χ3n) is 3.42. The quantitative estimate of drug-likeness (QED) is 0.882. The van der Waals surface area contributed by atoms with Gasteiger partial charge in [0, 0.05) is 6.54 Å². The summed E-state index contributed by atoms with van der Waals surface area (Å²) in [4.78, 5) is 0. The summed E-state index contributed by atoms with van der Waals surface area (Å²) in [6.07, 6.45) is 0.753. The third-order valence-corrected chi connectivity index (χ3v) is 3.42. The van der Waals surface area contributed by atoms with Gasteiger partial charge in [-0.05, 0) is 30.0 Å². The van der Waals surface area contributed by atoms with Crippen molar-refractivity contribution in [2.24, 2.45) is 0 Å². The molecule has 0 spiro atoms. The van der Waals surface area contributed by atoms with Gasteiger partial charge in [-0.15, -0.1) is 0 Å². The van der Waals surface area contributed by atoms with Crippen LogP contribution >= 0.6 is 0 Å². The van der Waals surface area contributed by atoms with E-state index in [-0.39, 0.29) is 11.3 Å². The lowest BCUT2D eigenvalue weighted by Gasteiger charge is -2.14. The molecule has 2 aromatic carbocycles. The molecule has 2 aromatic rings. The summed E-state index contributed by atoms with van der Waals surface area (Å²) in [6.45, 7) is 2.53. The van der Waals surface area contributed by atoms with E-state index in [0.29, 0.717) is 12.5 Å². The van der Waals surface area contributed by atoms with Gasteiger partial charge in [0.2, 0.25) is 0 Å². The molecule has 0 aliphatic carbocycles. The Labute approximate surface area is 123 Å². The van der Waals surface area contributed by atoms with Crippen molar-refractivity contribution in [2.45, 2.75) is 19.3 Å². The van der Waals surface area contributed by atoms with Crippen molar-refractivity contribution < 1.29 is 8.78 Å². The molecule has 0 bridgehead atoms. The summed E-state index contributed by atoms with van der Waals surface area (Å²) in [7, 11) is 0. The van der Waals surface area contributed by atoms with Crippen LogP contribution in [-0.4, -0.2) is 6.54 Å². The standard InChI is InChI=1S/C17H16F2N2/c1-12(14-5-3-2-4-6-14)7-8-21-17-15(18)9-13(11-20)10-16(17)19/h2-6,9-10,12,21H,7-8H2,1H3. The van der Waals surface area contributed by atoms with Crippen molar-refractivity contribution in [3.05, 3.63) is 65.2 Å². The van der Waals surface area contributed by atoms with E-state index < -0.39 is 11.6 Å². The minimum Gasteiger partial charge on any atom is -0.380 e. The summed E-state index contributed by atoms with van der Waals surface area (Å²) >= 11 is 0. The van der Waals surface area contributed by atoms with Crippen LogP contribution in [0.5, 0.6) is 0 Å². The van der Waals surface area contributed by atoms with Gasteiger partial charge >= 0.3 is 0 Å². The number of nitriles is 1. The molecular weight excluding hydrogens is 270 g/mol. The zero-order valence-electron chi connectivity index (χ0n) is 11.7. The van der Waals surface area contributed by atoms with Crippen LogP contribution in [-0.2, 0) is 0 Å². The molecule has 1 N–H and O–H groups in total. The van der Waals surface area contributed by atoms with Crippen molar-refractivity contribution >= 4 is 5.69 Å². The molecule has 21 heavy (non-hydrogen) atoms. The van der Waals surface area contributed by atoms with Gasteiger partial charge < -0.3 is 5.32 Å². The molecule has 0 saturated heterocycles. The molecule has 1 unspecified atom stereocenters. The number of nitrogens with zero attached hydrogens (tertiary/aromatic N) is 1. The fourth-order valence-corrected chi connectivity index (χ4v) is 2.17. The van der Waals surface area contributed by atoms with Gasteiger partial charge in [-0.2, -0.15) is 5.26 Å². The van der Waals surface area contributed by atoms with Crippen LogP contribution < -0.4 is 5.32 Å². The lowest BCUT2D eigenvalue weighted by Crippen LogP contribution is -2.09. The zero-order chi connectivity index (χ0) is 15.2. The first-order valence-electron chi connectivity index (χ1n) is 6.79. The van der Waals surface area contributed by atoms with Crippen molar-refractivity contribution in [1.29, 1.82) is 5.26 Å². The highest BCUT2D eigenvalue weighted by Crippen LogP contribution is 2.22. The molecule has 0 amide bonds. The number of hydrogen-bond acceptors (Lipinski definition) is 2. The van der Waals surface area contributed by atoms with Gasteiger partial charge in [-0.25, -0.2) is 8.78 Å². The third kappa shape index (κ3) is 3.79. The summed E-state index contributed by atoms with van der Waals surface area (Å²) in [5, 5.41) is 11.4. The highest BCUT2D eigenvalue weighted by atomic mass is 19.1. The number of halogens is 2. The predicted octanol–water partition coefficient (Wildman–Crippen LogP) is 4.44. The van der Waals surface area contributed by atoms with Gasteiger partial charge in [-0.3, -0.25) is 0 Å². The summed E-state index contributed by atoms with van der Waals surface area (Å²) in [5.74, 6) is -1.18. The second-order valence-corrected chi connectivity index (χ2v) is 4.95. The SMILES string of the molecule is CC(CCNc1c(F)cc(C#N)cc1F)c1ccccc1. The summed E-state index contributed by atoms with van der Waals surface area (Å²) in [6, 6.07) is 13.8. The van der Waals surface area contributed by atoms with E-state index in [1.54, 1.807) is 6.07 Å². The van der Waals surface area contributed by atoms with E-state index in [2.05, 4.69) is 12.2 Å². The van der Waals surface area contributed by atoms with E-state index in [4.69, 9.17) is 5.26 Å². The number of hydrogen-bond donors (Lipinski definition) is 1. The van der Waals surface area contributed by atoms with E-state index in [9.17, 15) is 8.78 Å². The molecule has 1 atom stereocenters. The van der Waals surface area contributed by atoms with Crippen LogP contribution in [0.1, 0.15) is 30.4 Å². The Kier molecular flexibility index (Phi) is 4.89. The fraction of sp³-hybridized carbons (Fsp3) is 0.235. The topological polar surface area (TPSA) is 35.8 Å². The summed E-state index contributed by atoms with van der Waals surface area (Å²) in [5.41, 5.74) is 1.00. The minimum absolute atomic E-state index is 0.0202. The van der Waals surface area contributed by atoms with Crippen molar-refractivity contribution in [3.63, 3.8) is 0 Å². The number of anilines is 1. The second kappa shape index (κ2) is 6.85. The number of nitrogens with one attached hydrogen (secondary N) is 1. The monoisotopic (exact) mass is 286 g/mol. The lowest BCUT2D eigenvalue weighted by molar-refractivity contribution is 0.585. The van der Waals surface area contributed by atoms with Crippen molar-refractivity contribution in [2.75, 3.05) is 11.9 Å². The molecular formula is C17H16F2N2. The van der Waals surface area contributed by atoms with Gasteiger partial charge in [0.25, 0.3) is 0 Å². The second-order valence-electron chi connectivity index (χ2n) is 4.95. The number of rotatable bonds is 5.